The summed E-state index contributed by atoms with van der Waals surface area (Å²) in [5.41, 5.74) is 6.33. The average molecular weight is 336 g/mol. The van der Waals surface area contributed by atoms with E-state index in [9.17, 15) is 4.79 Å². The topological polar surface area (TPSA) is 77.1 Å². The van der Waals surface area contributed by atoms with Crippen LogP contribution in [0.15, 0.2) is 53.9 Å². The third kappa shape index (κ3) is 4.63. The lowest BCUT2D eigenvalue weighted by Crippen LogP contribution is -2.24. The largest absolute Gasteiger partial charge is 0.271 e. The number of carbonyl (C=O) groups is 1. The summed E-state index contributed by atoms with van der Waals surface area (Å²) in [4.78, 5) is 11.9. The Bertz CT molecular complexity index is 878. The highest BCUT2D eigenvalue weighted by Gasteiger charge is 2.06. The molecular formula is C18H20N6O. The van der Waals surface area contributed by atoms with E-state index in [0.29, 0.717) is 6.54 Å². The Hall–Kier alpha value is -3.22. The van der Waals surface area contributed by atoms with Crippen LogP contribution in [-0.2, 0) is 17.9 Å². The number of aromatic nitrogens is 4. The maximum atomic E-state index is 11.9. The Labute approximate surface area is 146 Å². The first kappa shape index (κ1) is 16.6. The Morgan fingerprint density at radius 3 is 2.80 bits per heavy atom. The van der Waals surface area contributed by atoms with E-state index >= 15 is 0 Å². The molecule has 25 heavy (non-hydrogen) atoms. The van der Waals surface area contributed by atoms with E-state index in [0.717, 1.165) is 17.0 Å². The molecule has 7 nitrogen and oxygen atoms in total. The van der Waals surface area contributed by atoms with Crippen LogP contribution in [0.2, 0.25) is 0 Å². The normalized spacial score (nSPS) is 11.1. The summed E-state index contributed by atoms with van der Waals surface area (Å²) in [6.07, 6.45) is 5.16. The van der Waals surface area contributed by atoms with Gasteiger partial charge < -0.3 is 0 Å². The summed E-state index contributed by atoms with van der Waals surface area (Å²) in [7, 11) is 0. The van der Waals surface area contributed by atoms with Gasteiger partial charge in [-0.1, -0.05) is 30.3 Å². The summed E-state index contributed by atoms with van der Waals surface area (Å²) >= 11 is 0. The van der Waals surface area contributed by atoms with Gasteiger partial charge >= 0.3 is 0 Å². The van der Waals surface area contributed by atoms with Crippen molar-refractivity contribution in [3.8, 4) is 0 Å². The number of benzene rings is 1. The number of carbonyl (C=O) groups excluding carboxylic acids is 1. The zero-order valence-electron chi connectivity index (χ0n) is 14.3. The minimum atomic E-state index is -0.223. The molecule has 1 amide bonds. The minimum Gasteiger partial charge on any atom is -0.271 e. The maximum absolute atomic E-state index is 11.9. The van der Waals surface area contributed by atoms with Gasteiger partial charge in [-0.15, -0.1) is 0 Å². The molecule has 0 radical (unpaired) electrons. The van der Waals surface area contributed by atoms with Crippen LogP contribution in [0.3, 0.4) is 0 Å². The van der Waals surface area contributed by atoms with Crippen LogP contribution >= 0.6 is 0 Å². The van der Waals surface area contributed by atoms with Crippen LogP contribution in [0, 0.1) is 13.8 Å². The summed E-state index contributed by atoms with van der Waals surface area (Å²) in [5, 5.41) is 12.5. The lowest BCUT2D eigenvalue weighted by Gasteiger charge is -2.02. The van der Waals surface area contributed by atoms with E-state index in [4.69, 9.17) is 0 Å². The molecule has 0 saturated heterocycles. The Kier molecular flexibility index (Phi) is 5.03. The lowest BCUT2D eigenvalue weighted by molar-refractivity contribution is -0.121. The molecule has 2 heterocycles. The van der Waals surface area contributed by atoms with E-state index in [1.807, 2.05) is 49.0 Å². The fourth-order valence-corrected chi connectivity index (χ4v) is 2.49. The molecule has 2 aromatic heterocycles. The summed E-state index contributed by atoms with van der Waals surface area (Å²) in [6.45, 7) is 4.65. The molecule has 1 aromatic carbocycles. The summed E-state index contributed by atoms with van der Waals surface area (Å²) < 4.78 is 3.48. The molecule has 0 fully saturated rings. The number of hydrogen-bond acceptors (Lipinski definition) is 4. The molecule has 0 atom stereocenters. The van der Waals surface area contributed by atoms with Crippen LogP contribution in [0.5, 0.6) is 0 Å². The molecule has 0 aliphatic carbocycles. The number of nitrogens with zero attached hydrogens (tertiary/aromatic N) is 5. The molecule has 0 saturated carbocycles. The Morgan fingerprint density at radius 1 is 1.28 bits per heavy atom. The van der Waals surface area contributed by atoms with Gasteiger partial charge in [0, 0.05) is 17.5 Å². The van der Waals surface area contributed by atoms with Crippen LogP contribution in [0.4, 0.5) is 0 Å². The fourth-order valence-electron chi connectivity index (χ4n) is 2.49. The number of hydrazone groups is 1. The highest BCUT2D eigenvalue weighted by atomic mass is 16.2. The summed E-state index contributed by atoms with van der Waals surface area (Å²) in [6, 6.07) is 12.0. The van der Waals surface area contributed by atoms with Gasteiger partial charge in [0.25, 0.3) is 5.91 Å². The van der Waals surface area contributed by atoms with E-state index in [2.05, 4.69) is 32.9 Å². The first-order valence-electron chi connectivity index (χ1n) is 7.99. The van der Waals surface area contributed by atoms with Crippen molar-refractivity contribution < 1.29 is 4.79 Å². The van der Waals surface area contributed by atoms with Gasteiger partial charge in [0.05, 0.1) is 24.7 Å². The minimum absolute atomic E-state index is 0.143. The van der Waals surface area contributed by atoms with Crippen molar-refractivity contribution in [2.24, 2.45) is 5.10 Å². The van der Waals surface area contributed by atoms with Crippen molar-refractivity contribution in [3.63, 3.8) is 0 Å². The number of aryl methyl sites for hydroxylation is 2. The molecule has 0 spiro atoms. The predicted molar refractivity (Wildman–Crippen MR) is 95.2 cm³/mol. The lowest BCUT2D eigenvalue weighted by atomic mass is 10.2. The van der Waals surface area contributed by atoms with Crippen molar-refractivity contribution in [2.45, 2.75) is 26.9 Å². The van der Waals surface area contributed by atoms with Gasteiger partial charge in [0.1, 0.15) is 6.54 Å². The van der Waals surface area contributed by atoms with Crippen LogP contribution in [0.1, 0.15) is 22.5 Å². The average Bonchev–Trinajstić information content (AvgIpc) is 3.14. The second-order valence-electron chi connectivity index (χ2n) is 5.83. The van der Waals surface area contributed by atoms with Crippen LogP contribution < -0.4 is 5.43 Å². The van der Waals surface area contributed by atoms with Crippen LogP contribution in [0.25, 0.3) is 0 Å². The van der Waals surface area contributed by atoms with Gasteiger partial charge in [0.15, 0.2) is 0 Å². The van der Waals surface area contributed by atoms with Crippen molar-refractivity contribution in [3.05, 3.63) is 71.3 Å². The molecule has 3 rings (SSSR count). The van der Waals surface area contributed by atoms with Gasteiger partial charge in [-0.2, -0.15) is 15.3 Å². The first-order valence-corrected chi connectivity index (χ1v) is 7.99. The predicted octanol–water partition coefficient (Wildman–Crippen LogP) is 1.90. The molecule has 0 aliphatic heterocycles. The van der Waals surface area contributed by atoms with E-state index in [-0.39, 0.29) is 12.5 Å². The van der Waals surface area contributed by atoms with E-state index < -0.39 is 0 Å². The monoisotopic (exact) mass is 336 g/mol. The Balaban J connectivity index is 1.52. The highest BCUT2D eigenvalue weighted by Crippen LogP contribution is 2.03. The molecule has 128 valence electrons. The van der Waals surface area contributed by atoms with Gasteiger partial charge in [-0.05, 0) is 25.5 Å². The van der Waals surface area contributed by atoms with Crippen molar-refractivity contribution in [1.29, 1.82) is 0 Å². The highest BCUT2D eigenvalue weighted by molar-refractivity contribution is 5.81. The second kappa shape index (κ2) is 7.57. The van der Waals surface area contributed by atoms with Gasteiger partial charge in [0.2, 0.25) is 0 Å². The molecule has 1 N–H and O–H groups in total. The summed E-state index contributed by atoms with van der Waals surface area (Å²) in [5.74, 6) is -0.223. The molecular weight excluding hydrogens is 316 g/mol. The smallest absolute Gasteiger partial charge is 0.261 e. The van der Waals surface area contributed by atoms with E-state index in [1.54, 1.807) is 17.1 Å². The standard InChI is InChI=1S/C18H20N6O/c1-14-8-15(2)24(22-14)13-18(25)21-19-9-17-10-20-23(12-17)11-16-6-4-3-5-7-16/h3-10,12H,11,13H2,1-2H3,(H,21,25)/b19-9-. The SMILES string of the molecule is Cc1cc(C)n(CC(=O)N/N=C\c2cnn(Cc3ccccc3)c2)n1. The molecule has 3 aromatic rings. The third-order valence-corrected chi connectivity index (χ3v) is 3.64. The zero-order chi connectivity index (χ0) is 17.6. The first-order chi connectivity index (χ1) is 12.1. The second-order valence-corrected chi connectivity index (χ2v) is 5.83. The molecule has 7 heteroatoms. The van der Waals surface area contributed by atoms with E-state index in [1.165, 1.54) is 5.56 Å². The number of amides is 1. The van der Waals surface area contributed by atoms with Crippen LogP contribution in [-0.4, -0.2) is 31.7 Å². The maximum Gasteiger partial charge on any atom is 0.261 e. The quantitative estimate of drug-likeness (QED) is 0.552. The van der Waals surface area contributed by atoms with Crippen molar-refractivity contribution in [1.82, 2.24) is 25.0 Å². The molecule has 0 bridgehead atoms. The Morgan fingerprint density at radius 2 is 2.08 bits per heavy atom. The fraction of sp³-hybridized carbons (Fsp3) is 0.222. The van der Waals surface area contributed by atoms with Gasteiger partial charge in [-0.3, -0.25) is 14.2 Å². The zero-order valence-corrected chi connectivity index (χ0v) is 14.3. The molecule has 0 unspecified atom stereocenters. The third-order valence-electron chi connectivity index (χ3n) is 3.64. The van der Waals surface area contributed by atoms with Gasteiger partial charge in [-0.25, -0.2) is 5.43 Å². The number of rotatable bonds is 6. The number of nitrogens with one attached hydrogen (secondary N) is 1. The van der Waals surface area contributed by atoms with Crippen molar-refractivity contribution in [2.75, 3.05) is 0 Å². The van der Waals surface area contributed by atoms with Crippen molar-refractivity contribution >= 4 is 12.1 Å². The molecule has 0 aliphatic rings. The number of hydrogen-bond donors (Lipinski definition) is 1.